The zero-order chi connectivity index (χ0) is 9.72. The van der Waals surface area contributed by atoms with E-state index in [4.69, 9.17) is 5.73 Å². The fourth-order valence-corrected chi connectivity index (χ4v) is 0.564. The van der Waals surface area contributed by atoms with Gasteiger partial charge in [0.05, 0.1) is 14.2 Å². The number of esters is 2. The topological polar surface area (TPSA) is 95.7 Å². The Labute approximate surface area is 68.6 Å². The molecule has 6 heteroatoms. The van der Waals surface area contributed by atoms with E-state index in [0.29, 0.717) is 0 Å². The Kier molecular flexibility index (Phi) is 3.75. The van der Waals surface area contributed by atoms with Gasteiger partial charge in [-0.3, -0.25) is 14.4 Å². The van der Waals surface area contributed by atoms with Crippen LogP contribution in [0.25, 0.3) is 0 Å². The van der Waals surface area contributed by atoms with Gasteiger partial charge in [-0.2, -0.15) is 0 Å². The molecule has 0 aromatic rings. The Morgan fingerprint density at radius 1 is 1.08 bits per heavy atom. The Morgan fingerprint density at radius 2 is 1.42 bits per heavy atom. The van der Waals surface area contributed by atoms with Crippen LogP contribution in [0.5, 0.6) is 0 Å². The average Bonchev–Trinajstić information content (AvgIpc) is 2.03. The van der Waals surface area contributed by atoms with Crippen LogP contribution in [0.4, 0.5) is 0 Å². The van der Waals surface area contributed by atoms with Crippen molar-refractivity contribution in [1.82, 2.24) is 0 Å². The zero-order valence-corrected chi connectivity index (χ0v) is 6.70. The third kappa shape index (κ3) is 2.22. The summed E-state index contributed by atoms with van der Waals surface area (Å²) in [5.41, 5.74) is 4.75. The molecule has 0 unspecified atom stereocenters. The molecular formula is C6H9NO5. The molecule has 0 heterocycles. The monoisotopic (exact) mass is 175 g/mol. The minimum Gasteiger partial charge on any atom is -0.468 e. The van der Waals surface area contributed by atoms with Gasteiger partial charge in [-0.1, -0.05) is 0 Å². The predicted molar refractivity (Wildman–Crippen MR) is 36.7 cm³/mol. The largest absolute Gasteiger partial charge is 0.468 e. The van der Waals surface area contributed by atoms with Gasteiger partial charge in [-0.15, -0.1) is 0 Å². The third-order valence-electron chi connectivity index (χ3n) is 1.16. The summed E-state index contributed by atoms with van der Waals surface area (Å²) in [5, 5.41) is 0. The molecule has 0 atom stereocenters. The van der Waals surface area contributed by atoms with Crippen molar-refractivity contribution in [2.24, 2.45) is 11.7 Å². The molecule has 0 aromatic carbocycles. The number of carbonyl (C=O) groups is 3. The molecule has 0 aliphatic heterocycles. The summed E-state index contributed by atoms with van der Waals surface area (Å²) in [4.78, 5) is 32.0. The SMILES string of the molecule is COC(=O)C(C(N)=O)C(=O)OC. The lowest BCUT2D eigenvalue weighted by Crippen LogP contribution is -2.38. The maximum absolute atomic E-state index is 10.7. The van der Waals surface area contributed by atoms with E-state index in [1.807, 2.05) is 0 Å². The number of carbonyl (C=O) groups excluding carboxylic acids is 3. The average molecular weight is 175 g/mol. The highest BCUT2D eigenvalue weighted by atomic mass is 16.5. The van der Waals surface area contributed by atoms with Crippen LogP contribution < -0.4 is 5.73 Å². The second kappa shape index (κ2) is 4.32. The molecule has 0 bridgehead atoms. The summed E-state index contributed by atoms with van der Waals surface area (Å²) in [5.74, 6) is -4.79. The van der Waals surface area contributed by atoms with Gasteiger partial charge in [0.1, 0.15) is 0 Å². The Hall–Kier alpha value is -1.59. The second-order valence-corrected chi connectivity index (χ2v) is 1.88. The summed E-state index contributed by atoms with van der Waals surface area (Å²) in [7, 11) is 2.09. The van der Waals surface area contributed by atoms with Crippen LogP contribution in [-0.4, -0.2) is 32.1 Å². The Morgan fingerprint density at radius 3 is 1.58 bits per heavy atom. The molecular weight excluding hydrogens is 166 g/mol. The Balaban J connectivity index is 4.55. The van der Waals surface area contributed by atoms with Crippen LogP contribution >= 0.6 is 0 Å². The molecule has 0 saturated heterocycles. The summed E-state index contributed by atoms with van der Waals surface area (Å²) in [6.45, 7) is 0. The van der Waals surface area contributed by atoms with E-state index in [-0.39, 0.29) is 0 Å². The van der Waals surface area contributed by atoms with Gasteiger partial charge in [-0.05, 0) is 0 Å². The smallest absolute Gasteiger partial charge is 0.329 e. The standard InChI is InChI=1S/C6H9NO5/c1-11-5(9)3(4(7)8)6(10)12-2/h3H,1-2H3,(H2,7,8). The first-order chi connectivity index (χ1) is 5.54. The van der Waals surface area contributed by atoms with Crippen molar-refractivity contribution in [3.63, 3.8) is 0 Å². The number of primary amides is 1. The highest BCUT2D eigenvalue weighted by Gasteiger charge is 2.34. The number of methoxy groups -OCH3 is 2. The lowest BCUT2D eigenvalue weighted by atomic mass is 10.1. The van der Waals surface area contributed by atoms with Gasteiger partial charge < -0.3 is 15.2 Å². The molecule has 0 aliphatic carbocycles. The van der Waals surface area contributed by atoms with E-state index in [2.05, 4.69) is 9.47 Å². The van der Waals surface area contributed by atoms with Gasteiger partial charge in [0.15, 0.2) is 0 Å². The first-order valence-corrected chi connectivity index (χ1v) is 2.99. The van der Waals surface area contributed by atoms with Crippen molar-refractivity contribution < 1.29 is 23.9 Å². The van der Waals surface area contributed by atoms with Crippen molar-refractivity contribution in [3.05, 3.63) is 0 Å². The summed E-state index contributed by atoms with van der Waals surface area (Å²) >= 11 is 0. The number of hydrogen-bond acceptors (Lipinski definition) is 5. The number of amides is 1. The first-order valence-electron chi connectivity index (χ1n) is 2.99. The molecule has 0 spiro atoms. The molecule has 0 fully saturated rings. The van der Waals surface area contributed by atoms with Crippen molar-refractivity contribution in [2.45, 2.75) is 0 Å². The van der Waals surface area contributed by atoms with Crippen molar-refractivity contribution >= 4 is 17.8 Å². The highest BCUT2D eigenvalue weighted by Crippen LogP contribution is 2.00. The Bertz CT molecular complexity index is 196. The molecule has 2 N–H and O–H groups in total. The highest BCUT2D eigenvalue weighted by molar-refractivity contribution is 6.13. The van der Waals surface area contributed by atoms with E-state index in [1.165, 1.54) is 0 Å². The van der Waals surface area contributed by atoms with Crippen LogP contribution in [0.2, 0.25) is 0 Å². The molecule has 0 saturated carbocycles. The number of ether oxygens (including phenoxy) is 2. The van der Waals surface area contributed by atoms with Crippen LogP contribution in [0.3, 0.4) is 0 Å². The van der Waals surface area contributed by atoms with Crippen LogP contribution in [0, 0.1) is 5.92 Å². The van der Waals surface area contributed by atoms with Crippen LogP contribution in [0.15, 0.2) is 0 Å². The summed E-state index contributed by atoms with van der Waals surface area (Å²) < 4.78 is 8.31. The number of nitrogens with two attached hydrogens (primary N) is 1. The second-order valence-electron chi connectivity index (χ2n) is 1.88. The summed E-state index contributed by atoms with van der Waals surface area (Å²) in [6.07, 6.45) is 0. The van der Waals surface area contributed by atoms with E-state index >= 15 is 0 Å². The number of hydrogen-bond donors (Lipinski definition) is 1. The minimum absolute atomic E-state index is 1.02. The third-order valence-corrected chi connectivity index (χ3v) is 1.16. The zero-order valence-electron chi connectivity index (χ0n) is 6.70. The van der Waals surface area contributed by atoms with Crippen molar-refractivity contribution in [1.29, 1.82) is 0 Å². The van der Waals surface area contributed by atoms with Gasteiger partial charge in [0.2, 0.25) is 11.8 Å². The van der Waals surface area contributed by atoms with E-state index < -0.39 is 23.8 Å². The maximum Gasteiger partial charge on any atom is 0.329 e. The van der Waals surface area contributed by atoms with Crippen LogP contribution in [-0.2, 0) is 23.9 Å². The lowest BCUT2D eigenvalue weighted by molar-refractivity contribution is -0.161. The van der Waals surface area contributed by atoms with Crippen LogP contribution in [0.1, 0.15) is 0 Å². The van der Waals surface area contributed by atoms with Gasteiger partial charge >= 0.3 is 11.9 Å². The molecule has 0 aromatic heterocycles. The maximum atomic E-state index is 10.7. The molecule has 68 valence electrons. The molecule has 1 amide bonds. The predicted octanol–water partition coefficient (Wildman–Crippen LogP) is -1.57. The normalized spacial score (nSPS) is 9.25. The molecule has 0 rings (SSSR count). The van der Waals surface area contributed by atoms with E-state index in [9.17, 15) is 14.4 Å². The first kappa shape index (κ1) is 10.4. The molecule has 6 nitrogen and oxygen atoms in total. The van der Waals surface area contributed by atoms with E-state index in [1.54, 1.807) is 0 Å². The van der Waals surface area contributed by atoms with Gasteiger partial charge in [-0.25, -0.2) is 0 Å². The summed E-state index contributed by atoms with van der Waals surface area (Å²) in [6, 6.07) is 0. The van der Waals surface area contributed by atoms with Gasteiger partial charge in [0, 0.05) is 0 Å². The van der Waals surface area contributed by atoms with Crippen molar-refractivity contribution in [2.75, 3.05) is 14.2 Å². The number of rotatable bonds is 3. The molecule has 12 heavy (non-hydrogen) atoms. The molecule has 0 radical (unpaired) electrons. The quantitative estimate of drug-likeness (QED) is 0.413. The van der Waals surface area contributed by atoms with Gasteiger partial charge in [0.25, 0.3) is 0 Å². The fraction of sp³-hybridized carbons (Fsp3) is 0.500. The lowest BCUT2D eigenvalue weighted by Gasteiger charge is -2.07. The van der Waals surface area contributed by atoms with Crippen molar-refractivity contribution in [3.8, 4) is 0 Å². The molecule has 0 aliphatic rings. The van der Waals surface area contributed by atoms with E-state index in [0.717, 1.165) is 14.2 Å². The minimum atomic E-state index is -1.67. The fourth-order valence-electron chi connectivity index (χ4n) is 0.564.